The number of benzene rings is 1. The topological polar surface area (TPSA) is 0 Å². The van der Waals surface area contributed by atoms with Crippen LogP contribution in [0.15, 0.2) is 18.2 Å². The van der Waals surface area contributed by atoms with Crippen molar-refractivity contribution in [3.05, 3.63) is 34.9 Å². The Morgan fingerprint density at radius 1 is 1.21 bits per heavy atom. The quantitative estimate of drug-likeness (QED) is 0.649. The molecule has 0 nitrogen and oxygen atoms in total. The molecule has 0 radical (unpaired) electrons. The van der Waals surface area contributed by atoms with E-state index in [4.69, 9.17) is 0 Å². The second-order valence-corrected chi connectivity index (χ2v) is 3.03. The zero-order chi connectivity index (χ0) is 10.8. The van der Waals surface area contributed by atoms with Crippen molar-refractivity contribution in [3.63, 3.8) is 0 Å². The smallest absolute Gasteiger partial charge is 0.251 e. The van der Waals surface area contributed by atoms with Crippen molar-refractivity contribution < 1.29 is 17.6 Å². The normalized spacial score (nSPS) is 11.8. The Balaban J connectivity index is 3.14. The second kappa shape index (κ2) is 3.98. The van der Waals surface area contributed by atoms with E-state index < -0.39 is 18.4 Å². The van der Waals surface area contributed by atoms with Gasteiger partial charge < -0.3 is 0 Å². The van der Waals surface area contributed by atoms with Gasteiger partial charge in [0.15, 0.2) is 0 Å². The average Bonchev–Trinajstić information content (AvgIpc) is 2.07. The van der Waals surface area contributed by atoms with Crippen LogP contribution < -0.4 is 0 Å². The fourth-order valence-corrected chi connectivity index (χ4v) is 1.36. The second-order valence-electron chi connectivity index (χ2n) is 3.03. The Morgan fingerprint density at radius 2 is 1.86 bits per heavy atom. The maximum atomic E-state index is 12.4. The zero-order valence-corrected chi connectivity index (χ0v) is 7.66. The number of rotatable bonds is 2. The van der Waals surface area contributed by atoms with Gasteiger partial charge in [-0.15, -0.1) is 0 Å². The van der Waals surface area contributed by atoms with Crippen LogP contribution in [0.25, 0.3) is 0 Å². The molecule has 0 spiro atoms. The molecule has 0 aromatic heterocycles. The van der Waals surface area contributed by atoms with E-state index in [1.165, 1.54) is 19.1 Å². The van der Waals surface area contributed by atoms with E-state index in [9.17, 15) is 17.6 Å². The molecule has 4 heteroatoms. The van der Waals surface area contributed by atoms with Crippen LogP contribution in [0.3, 0.4) is 0 Å². The molecule has 0 unspecified atom stereocenters. The summed E-state index contributed by atoms with van der Waals surface area (Å²) in [6, 6.07) is 3.84. The number of aryl methyl sites for hydroxylation is 1. The van der Waals surface area contributed by atoms with Crippen LogP contribution in [0.1, 0.15) is 16.7 Å². The molecule has 0 aliphatic carbocycles. The summed E-state index contributed by atoms with van der Waals surface area (Å²) >= 11 is 0. The fraction of sp³-hybridized carbons (Fsp3) is 0.400. The third-order valence-electron chi connectivity index (χ3n) is 2.12. The number of hydrogen-bond donors (Lipinski definition) is 0. The SMILES string of the molecule is Cc1c(CCF)cccc1C(F)(F)F. The lowest BCUT2D eigenvalue weighted by atomic mass is 10.0. The highest BCUT2D eigenvalue weighted by Gasteiger charge is 2.32. The van der Waals surface area contributed by atoms with E-state index in [0.29, 0.717) is 5.56 Å². The Hall–Kier alpha value is -1.06. The maximum Gasteiger partial charge on any atom is 0.416 e. The van der Waals surface area contributed by atoms with E-state index in [1.54, 1.807) is 0 Å². The molecule has 1 rings (SSSR count). The first-order valence-electron chi connectivity index (χ1n) is 4.18. The Bertz CT molecular complexity index is 314. The van der Waals surface area contributed by atoms with Crippen molar-refractivity contribution in [2.45, 2.75) is 19.5 Å². The minimum atomic E-state index is -4.35. The molecule has 0 aliphatic heterocycles. The highest BCUT2D eigenvalue weighted by Crippen LogP contribution is 2.32. The number of alkyl halides is 4. The molecule has 0 heterocycles. The molecule has 0 N–H and O–H groups in total. The average molecular weight is 206 g/mol. The van der Waals surface area contributed by atoms with Gasteiger partial charge in [0.2, 0.25) is 0 Å². The summed E-state index contributed by atoms with van der Waals surface area (Å²) < 4.78 is 49.1. The first-order chi connectivity index (χ1) is 6.46. The minimum absolute atomic E-state index is 0.0375. The fourth-order valence-electron chi connectivity index (χ4n) is 1.36. The van der Waals surface area contributed by atoms with Crippen molar-refractivity contribution in [2.24, 2.45) is 0 Å². The lowest BCUT2D eigenvalue weighted by Crippen LogP contribution is -2.09. The highest BCUT2D eigenvalue weighted by atomic mass is 19.4. The molecule has 1 aromatic carbocycles. The lowest BCUT2D eigenvalue weighted by molar-refractivity contribution is -0.138. The molecule has 0 aliphatic rings. The van der Waals surface area contributed by atoms with E-state index in [1.807, 2.05) is 0 Å². The van der Waals surface area contributed by atoms with Gasteiger partial charge in [0.25, 0.3) is 0 Å². The summed E-state index contributed by atoms with van der Waals surface area (Å²) in [4.78, 5) is 0. The van der Waals surface area contributed by atoms with E-state index in [0.717, 1.165) is 6.07 Å². The largest absolute Gasteiger partial charge is 0.416 e. The van der Waals surface area contributed by atoms with E-state index >= 15 is 0 Å². The van der Waals surface area contributed by atoms with Crippen LogP contribution in [0, 0.1) is 6.92 Å². The third kappa shape index (κ3) is 2.25. The molecule has 0 bridgehead atoms. The molecule has 78 valence electrons. The molecule has 0 atom stereocenters. The van der Waals surface area contributed by atoms with Gasteiger partial charge in [-0.25, -0.2) is 0 Å². The van der Waals surface area contributed by atoms with Crippen LogP contribution in [0.4, 0.5) is 17.6 Å². The highest BCUT2D eigenvalue weighted by molar-refractivity contribution is 5.36. The summed E-state index contributed by atoms with van der Waals surface area (Å²) in [5.41, 5.74) is -0.136. The van der Waals surface area contributed by atoms with Crippen molar-refractivity contribution in [3.8, 4) is 0 Å². The van der Waals surface area contributed by atoms with Crippen molar-refractivity contribution in [1.29, 1.82) is 0 Å². The first-order valence-corrected chi connectivity index (χ1v) is 4.18. The third-order valence-corrected chi connectivity index (χ3v) is 2.12. The lowest BCUT2D eigenvalue weighted by Gasteiger charge is -2.12. The Kier molecular flexibility index (Phi) is 3.13. The molecule has 0 saturated carbocycles. The molecule has 0 amide bonds. The standard InChI is InChI=1S/C10H10F4/c1-7-8(5-6-11)3-2-4-9(7)10(12,13)14/h2-4H,5-6H2,1H3. The molecule has 14 heavy (non-hydrogen) atoms. The van der Waals surface area contributed by atoms with Crippen molar-refractivity contribution in [1.82, 2.24) is 0 Å². The minimum Gasteiger partial charge on any atom is -0.251 e. The molecule has 0 fully saturated rings. The molecule has 1 aromatic rings. The van der Waals surface area contributed by atoms with Gasteiger partial charge in [-0.3, -0.25) is 4.39 Å². The van der Waals surface area contributed by atoms with E-state index in [-0.39, 0.29) is 12.0 Å². The van der Waals surface area contributed by atoms with Gasteiger partial charge in [0.05, 0.1) is 12.2 Å². The van der Waals surface area contributed by atoms with Gasteiger partial charge in [-0.1, -0.05) is 12.1 Å². The zero-order valence-electron chi connectivity index (χ0n) is 7.66. The van der Waals surface area contributed by atoms with Crippen LogP contribution in [0.5, 0.6) is 0 Å². The monoisotopic (exact) mass is 206 g/mol. The van der Waals surface area contributed by atoms with Gasteiger partial charge in [-0.2, -0.15) is 13.2 Å². The van der Waals surface area contributed by atoms with E-state index in [2.05, 4.69) is 0 Å². The Morgan fingerprint density at radius 3 is 2.36 bits per heavy atom. The summed E-state index contributed by atoms with van der Waals surface area (Å²) in [6.45, 7) is 0.732. The first kappa shape index (κ1) is 11.0. The van der Waals surface area contributed by atoms with Crippen LogP contribution in [-0.2, 0) is 12.6 Å². The van der Waals surface area contributed by atoms with Crippen LogP contribution in [-0.4, -0.2) is 6.67 Å². The predicted molar refractivity (Wildman–Crippen MR) is 45.9 cm³/mol. The van der Waals surface area contributed by atoms with Gasteiger partial charge >= 0.3 is 6.18 Å². The van der Waals surface area contributed by atoms with Crippen molar-refractivity contribution in [2.75, 3.05) is 6.67 Å². The molecule has 0 saturated heterocycles. The number of halogens is 4. The Labute approximate surface area is 79.6 Å². The predicted octanol–water partition coefficient (Wildman–Crippen LogP) is 3.53. The van der Waals surface area contributed by atoms with Gasteiger partial charge in [-0.05, 0) is 24.1 Å². The van der Waals surface area contributed by atoms with Crippen LogP contribution >= 0.6 is 0 Å². The summed E-state index contributed by atoms with van der Waals surface area (Å²) in [5, 5.41) is 0. The molecular formula is C10H10F4. The van der Waals surface area contributed by atoms with Gasteiger partial charge in [0, 0.05) is 6.42 Å². The maximum absolute atomic E-state index is 12.4. The molecular weight excluding hydrogens is 196 g/mol. The van der Waals surface area contributed by atoms with Gasteiger partial charge in [0.1, 0.15) is 0 Å². The van der Waals surface area contributed by atoms with Crippen LogP contribution in [0.2, 0.25) is 0 Å². The van der Waals surface area contributed by atoms with Crippen molar-refractivity contribution >= 4 is 0 Å². The number of hydrogen-bond acceptors (Lipinski definition) is 0. The summed E-state index contributed by atoms with van der Waals surface area (Å²) in [6.07, 6.45) is -4.31. The summed E-state index contributed by atoms with van der Waals surface area (Å²) in [5.74, 6) is 0. The summed E-state index contributed by atoms with van der Waals surface area (Å²) in [7, 11) is 0.